The standard InChI is InChI=1S/C17H13BrClN3O2/c18-12-1-2-15(19)14(8-12)17(23)22-6-4-13(10-22)24-16-7-11(9-20)3-5-21-16/h1-3,5,7-8,13H,4,6,10H2. The monoisotopic (exact) mass is 405 g/mol. The summed E-state index contributed by atoms with van der Waals surface area (Å²) in [6.07, 6.45) is 2.09. The molecular formula is C17H13BrClN3O2. The molecule has 122 valence electrons. The fraction of sp³-hybridized carbons (Fsp3) is 0.235. The summed E-state index contributed by atoms with van der Waals surface area (Å²) < 4.78 is 6.60. The topological polar surface area (TPSA) is 66.2 Å². The molecule has 1 atom stereocenters. The van der Waals surface area contributed by atoms with E-state index in [1.54, 1.807) is 35.2 Å². The van der Waals surface area contributed by atoms with Gasteiger partial charge in [0, 0.05) is 29.7 Å². The molecule has 5 nitrogen and oxygen atoms in total. The Morgan fingerprint density at radius 1 is 1.42 bits per heavy atom. The highest BCUT2D eigenvalue weighted by Crippen LogP contribution is 2.25. The molecule has 1 aliphatic heterocycles. The van der Waals surface area contributed by atoms with Gasteiger partial charge in [-0.25, -0.2) is 4.98 Å². The molecule has 1 aromatic carbocycles. The zero-order valence-electron chi connectivity index (χ0n) is 12.6. The minimum atomic E-state index is -0.152. The molecular weight excluding hydrogens is 394 g/mol. The maximum atomic E-state index is 12.6. The second-order valence-corrected chi connectivity index (χ2v) is 6.72. The van der Waals surface area contributed by atoms with Crippen LogP contribution in [0.15, 0.2) is 41.0 Å². The van der Waals surface area contributed by atoms with Gasteiger partial charge in [0.05, 0.1) is 28.8 Å². The highest BCUT2D eigenvalue weighted by atomic mass is 79.9. The number of amides is 1. The predicted molar refractivity (Wildman–Crippen MR) is 93.0 cm³/mol. The fourth-order valence-electron chi connectivity index (χ4n) is 2.55. The molecule has 2 heterocycles. The van der Waals surface area contributed by atoms with E-state index in [2.05, 4.69) is 20.9 Å². The van der Waals surface area contributed by atoms with Gasteiger partial charge in [0.1, 0.15) is 6.10 Å². The van der Waals surface area contributed by atoms with Gasteiger partial charge in [-0.3, -0.25) is 4.79 Å². The molecule has 0 radical (unpaired) electrons. The first-order chi connectivity index (χ1) is 11.6. The molecule has 0 saturated carbocycles. The minimum absolute atomic E-state index is 0.119. The van der Waals surface area contributed by atoms with Crippen LogP contribution >= 0.6 is 27.5 Å². The van der Waals surface area contributed by atoms with Crippen LogP contribution in [0.2, 0.25) is 5.02 Å². The van der Waals surface area contributed by atoms with Crippen molar-refractivity contribution in [2.45, 2.75) is 12.5 Å². The average Bonchev–Trinajstić information content (AvgIpc) is 3.05. The predicted octanol–water partition coefficient (Wildman–Crippen LogP) is 3.66. The molecule has 0 N–H and O–H groups in total. The number of halogens is 2. The van der Waals surface area contributed by atoms with Crippen molar-refractivity contribution < 1.29 is 9.53 Å². The van der Waals surface area contributed by atoms with Gasteiger partial charge in [0.2, 0.25) is 5.88 Å². The van der Waals surface area contributed by atoms with E-state index in [-0.39, 0.29) is 12.0 Å². The number of likely N-dealkylation sites (tertiary alicyclic amines) is 1. The first-order valence-corrected chi connectivity index (χ1v) is 8.51. The van der Waals surface area contributed by atoms with Gasteiger partial charge in [-0.2, -0.15) is 5.26 Å². The Labute approximate surface area is 152 Å². The SMILES string of the molecule is N#Cc1ccnc(OC2CCN(C(=O)c3cc(Br)ccc3Cl)C2)c1. The van der Waals surface area contributed by atoms with Gasteiger partial charge in [0.15, 0.2) is 0 Å². The number of nitriles is 1. The van der Waals surface area contributed by atoms with Crippen LogP contribution < -0.4 is 4.74 Å². The molecule has 1 amide bonds. The van der Waals surface area contributed by atoms with Gasteiger partial charge in [-0.15, -0.1) is 0 Å². The minimum Gasteiger partial charge on any atom is -0.472 e. The lowest BCUT2D eigenvalue weighted by molar-refractivity contribution is 0.0771. The Hall–Kier alpha value is -2.10. The smallest absolute Gasteiger partial charge is 0.255 e. The van der Waals surface area contributed by atoms with Crippen LogP contribution in [-0.4, -0.2) is 35.0 Å². The number of nitrogens with zero attached hydrogens (tertiary/aromatic N) is 3. The number of ether oxygens (including phenoxy) is 1. The van der Waals surface area contributed by atoms with E-state index in [1.807, 2.05) is 6.07 Å². The van der Waals surface area contributed by atoms with Crippen molar-refractivity contribution in [3.05, 3.63) is 57.2 Å². The van der Waals surface area contributed by atoms with Crippen LogP contribution in [0.25, 0.3) is 0 Å². The van der Waals surface area contributed by atoms with Gasteiger partial charge >= 0.3 is 0 Å². The highest BCUT2D eigenvalue weighted by Gasteiger charge is 2.29. The Bertz CT molecular complexity index is 822. The molecule has 24 heavy (non-hydrogen) atoms. The summed E-state index contributed by atoms with van der Waals surface area (Å²) in [5.74, 6) is 0.278. The van der Waals surface area contributed by atoms with E-state index < -0.39 is 0 Å². The Kier molecular flexibility index (Phi) is 5.03. The van der Waals surface area contributed by atoms with Crippen LogP contribution in [0.1, 0.15) is 22.3 Å². The van der Waals surface area contributed by atoms with Crippen molar-refractivity contribution in [3.8, 4) is 11.9 Å². The number of pyridine rings is 1. The van der Waals surface area contributed by atoms with Gasteiger partial charge in [0.25, 0.3) is 5.91 Å². The number of hydrogen-bond acceptors (Lipinski definition) is 4. The van der Waals surface area contributed by atoms with Crippen LogP contribution in [0.5, 0.6) is 5.88 Å². The van der Waals surface area contributed by atoms with Crippen LogP contribution in [0, 0.1) is 11.3 Å². The lowest BCUT2D eigenvalue weighted by atomic mass is 10.2. The molecule has 7 heteroatoms. The van der Waals surface area contributed by atoms with Crippen molar-refractivity contribution in [3.63, 3.8) is 0 Å². The summed E-state index contributed by atoms with van der Waals surface area (Å²) in [4.78, 5) is 18.4. The third-order valence-corrected chi connectivity index (χ3v) is 4.57. The average molecular weight is 407 g/mol. The van der Waals surface area contributed by atoms with E-state index in [0.717, 1.165) is 4.47 Å². The van der Waals surface area contributed by atoms with E-state index in [4.69, 9.17) is 21.6 Å². The molecule has 2 aromatic rings. The highest BCUT2D eigenvalue weighted by molar-refractivity contribution is 9.10. The molecule has 0 spiro atoms. The zero-order valence-corrected chi connectivity index (χ0v) is 14.9. The summed E-state index contributed by atoms with van der Waals surface area (Å²) in [6.45, 7) is 1.05. The number of aromatic nitrogens is 1. The zero-order chi connectivity index (χ0) is 17.1. The maximum Gasteiger partial charge on any atom is 0.255 e. The quantitative estimate of drug-likeness (QED) is 0.780. The largest absolute Gasteiger partial charge is 0.472 e. The Morgan fingerprint density at radius 3 is 3.04 bits per heavy atom. The van der Waals surface area contributed by atoms with Crippen LogP contribution in [-0.2, 0) is 0 Å². The molecule has 0 aliphatic carbocycles. The number of rotatable bonds is 3. The molecule has 1 unspecified atom stereocenters. The van der Waals surface area contributed by atoms with E-state index in [1.165, 1.54) is 6.20 Å². The summed E-state index contributed by atoms with van der Waals surface area (Å²) >= 11 is 9.48. The van der Waals surface area contributed by atoms with Crippen LogP contribution in [0.3, 0.4) is 0 Å². The molecule has 0 bridgehead atoms. The van der Waals surface area contributed by atoms with Crippen molar-refractivity contribution >= 4 is 33.4 Å². The Balaban J connectivity index is 1.67. The van der Waals surface area contributed by atoms with Crippen LogP contribution in [0.4, 0.5) is 0 Å². The molecule has 1 fully saturated rings. The Morgan fingerprint density at radius 2 is 2.25 bits per heavy atom. The number of benzene rings is 1. The summed E-state index contributed by atoms with van der Waals surface area (Å²) in [6, 6.07) is 10.5. The van der Waals surface area contributed by atoms with Crippen molar-refractivity contribution in [1.29, 1.82) is 5.26 Å². The second kappa shape index (κ2) is 7.20. The fourth-order valence-corrected chi connectivity index (χ4v) is 3.11. The maximum absolute atomic E-state index is 12.6. The number of hydrogen-bond donors (Lipinski definition) is 0. The number of carbonyl (C=O) groups excluding carboxylic acids is 1. The summed E-state index contributed by atoms with van der Waals surface area (Å²) in [7, 11) is 0. The molecule has 1 saturated heterocycles. The van der Waals surface area contributed by atoms with E-state index in [9.17, 15) is 4.79 Å². The van der Waals surface area contributed by atoms with Crippen molar-refractivity contribution in [1.82, 2.24) is 9.88 Å². The van der Waals surface area contributed by atoms with Gasteiger partial charge < -0.3 is 9.64 Å². The van der Waals surface area contributed by atoms with Gasteiger partial charge in [-0.1, -0.05) is 27.5 Å². The van der Waals surface area contributed by atoms with Crippen molar-refractivity contribution in [2.75, 3.05) is 13.1 Å². The normalized spacial score (nSPS) is 16.7. The van der Waals surface area contributed by atoms with Gasteiger partial charge in [-0.05, 0) is 24.3 Å². The molecule has 1 aliphatic rings. The lowest BCUT2D eigenvalue weighted by Crippen LogP contribution is -2.31. The second-order valence-electron chi connectivity index (χ2n) is 5.40. The number of carbonyl (C=O) groups is 1. The first kappa shape index (κ1) is 16.7. The third kappa shape index (κ3) is 3.69. The van der Waals surface area contributed by atoms with E-state index >= 15 is 0 Å². The lowest BCUT2D eigenvalue weighted by Gasteiger charge is -2.18. The van der Waals surface area contributed by atoms with Crippen molar-refractivity contribution in [2.24, 2.45) is 0 Å². The third-order valence-electron chi connectivity index (χ3n) is 3.74. The summed E-state index contributed by atoms with van der Waals surface area (Å²) in [5, 5.41) is 9.34. The molecule has 1 aromatic heterocycles. The van der Waals surface area contributed by atoms with E-state index in [0.29, 0.717) is 41.5 Å². The first-order valence-electron chi connectivity index (χ1n) is 7.34. The molecule has 3 rings (SSSR count). The summed E-state index contributed by atoms with van der Waals surface area (Å²) in [5.41, 5.74) is 0.961.